The lowest BCUT2D eigenvalue weighted by Crippen LogP contribution is -2.54. The summed E-state index contributed by atoms with van der Waals surface area (Å²) in [4.78, 5) is 0. The molecule has 6 heteroatoms. The fraction of sp³-hybridized carbons (Fsp3) is 1.00. The summed E-state index contributed by atoms with van der Waals surface area (Å²) in [6, 6.07) is 0. The number of fused-ring (bicyclic) bond motifs is 1. The number of hydrogen-bond donors (Lipinski definition) is 4. The zero-order chi connectivity index (χ0) is 8.93. The molecule has 0 radical (unpaired) electrons. The van der Waals surface area contributed by atoms with Gasteiger partial charge in [-0.25, -0.2) is 0 Å². The van der Waals surface area contributed by atoms with Crippen molar-refractivity contribution in [3.05, 3.63) is 0 Å². The smallest absolute Gasteiger partial charge is 0.250 e. The molecule has 0 aromatic rings. The first-order valence-corrected chi connectivity index (χ1v) is 3.62. The van der Waals surface area contributed by atoms with E-state index in [1.165, 1.54) is 0 Å². The van der Waals surface area contributed by atoms with Crippen molar-refractivity contribution in [1.82, 2.24) is 0 Å². The Balaban J connectivity index is 2.11. The molecule has 2 fully saturated rings. The van der Waals surface area contributed by atoms with Gasteiger partial charge < -0.3 is 29.9 Å². The molecule has 0 amide bonds. The normalized spacial score (nSPS) is 58.0. The molecule has 0 spiro atoms. The maximum Gasteiger partial charge on any atom is 0.250 e. The molecule has 2 saturated heterocycles. The number of aliphatic hydroxyl groups excluding tert-OH is 3. The highest BCUT2D eigenvalue weighted by molar-refractivity contribution is 5.03. The maximum atomic E-state index is 9.26. The number of ether oxygens (including phenoxy) is 2. The van der Waals surface area contributed by atoms with Crippen molar-refractivity contribution < 1.29 is 29.9 Å². The van der Waals surface area contributed by atoms with Gasteiger partial charge in [-0.3, -0.25) is 0 Å². The Hall–Kier alpha value is -0.240. The Morgan fingerprint density at radius 2 is 2.00 bits per heavy atom. The van der Waals surface area contributed by atoms with Crippen LogP contribution in [0.15, 0.2) is 0 Å². The second-order valence-corrected chi connectivity index (χ2v) is 2.99. The average molecular weight is 178 g/mol. The van der Waals surface area contributed by atoms with Gasteiger partial charge in [0.1, 0.15) is 18.3 Å². The van der Waals surface area contributed by atoms with E-state index in [0.29, 0.717) is 0 Å². The van der Waals surface area contributed by atoms with E-state index in [-0.39, 0.29) is 0 Å². The van der Waals surface area contributed by atoms with Gasteiger partial charge in [0.2, 0.25) is 12.1 Å². The van der Waals surface area contributed by atoms with Crippen molar-refractivity contribution >= 4 is 0 Å². The number of hydrogen-bond acceptors (Lipinski definition) is 6. The van der Waals surface area contributed by atoms with Gasteiger partial charge in [0.15, 0.2) is 0 Å². The van der Waals surface area contributed by atoms with Gasteiger partial charge in [-0.15, -0.1) is 0 Å². The van der Waals surface area contributed by atoms with Crippen LogP contribution in [0.1, 0.15) is 0 Å². The molecule has 4 N–H and O–H groups in total. The highest BCUT2D eigenvalue weighted by atomic mass is 16.9. The average Bonchev–Trinajstić information content (AvgIpc) is 2.71. The molecule has 0 unspecified atom stereocenters. The summed E-state index contributed by atoms with van der Waals surface area (Å²) < 4.78 is 9.46. The molecule has 0 bridgehead atoms. The van der Waals surface area contributed by atoms with Crippen molar-refractivity contribution in [3.8, 4) is 0 Å². The molecular formula is C6H10O6. The van der Waals surface area contributed by atoms with E-state index in [2.05, 4.69) is 4.74 Å². The van der Waals surface area contributed by atoms with E-state index in [4.69, 9.17) is 9.84 Å². The van der Waals surface area contributed by atoms with Gasteiger partial charge in [0.05, 0.1) is 6.61 Å². The van der Waals surface area contributed by atoms with Crippen LogP contribution in [0.25, 0.3) is 0 Å². The molecular weight excluding hydrogens is 168 g/mol. The summed E-state index contributed by atoms with van der Waals surface area (Å²) in [6.07, 6.45) is -4.56. The number of rotatable bonds is 1. The van der Waals surface area contributed by atoms with Crippen LogP contribution in [-0.4, -0.2) is 57.4 Å². The summed E-state index contributed by atoms with van der Waals surface area (Å²) >= 11 is 0. The Bertz CT molecular complexity index is 196. The van der Waals surface area contributed by atoms with Crippen molar-refractivity contribution in [1.29, 1.82) is 0 Å². The fourth-order valence-corrected chi connectivity index (χ4v) is 1.31. The minimum absolute atomic E-state index is 0.422. The lowest BCUT2D eigenvalue weighted by atomic mass is 10.0. The van der Waals surface area contributed by atoms with Crippen LogP contribution >= 0.6 is 0 Å². The first-order chi connectivity index (χ1) is 5.59. The van der Waals surface area contributed by atoms with E-state index >= 15 is 0 Å². The van der Waals surface area contributed by atoms with Crippen molar-refractivity contribution in [2.45, 2.75) is 30.4 Å². The van der Waals surface area contributed by atoms with Gasteiger partial charge >= 0.3 is 0 Å². The molecule has 0 saturated carbocycles. The van der Waals surface area contributed by atoms with Crippen LogP contribution in [0, 0.1) is 0 Å². The first kappa shape index (κ1) is 8.36. The molecule has 0 aromatic heterocycles. The largest absolute Gasteiger partial charge is 0.394 e. The topological polar surface area (TPSA) is 103 Å². The third kappa shape index (κ3) is 0.905. The summed E-state index contributed by atoms with van der Waals surface area (Å²) in [5.41, 5.74) is 0. The summed E-state index contributed by atoms with van der Waals surface area (Å²) in [7, 11) is 0. The Labute approximate surface area is 68.0 Å². The Morgan fingerprint density at radius 3 is 2.58 bits per heavy atom. The van der Waals surface area contributed by atoms with Crippen LogP contribution in [-0.2, 0) is 9.47 Å². The zero-order valence-electron chi connectivity index (χ0n) is 6.12. The number of aliphatic hydroxyl groups is 4. The van der Waals surface area contributed by atoms with Crippen molar-refractivity contribution in [2.24, 2.45) is 0 Å². The van der Waals surface area contributed by atoms with E-state index in [0.717, 1.165) is 0 Å². The zero-order valence-corrected chi connectivity index (χ0v) is 6.12. The molecule has 6 nitrogen and oxygen atoms in total. The second kappa shape index (κ2) is 2.38. The van der Waals surface area contributed by atoms with Crippen molar-refractivity contribution in [2.75, 3.05) is 6.61 Å². The van der Waals surface area contributed by atoms with Gasteiger partial charge in [0.25, 0.3) is 0 Å². The molecule has 2 heterocycles. The highest BCUT2D eigenvalue weighted by Gasteiger charge is 2.69. The minimum atomic E-state index is -1.77. The van der Waals surface area contributed by atoms with E-state index in [9.17, 15) is 15.3 Å². The standard InChI is InChI=1S/C6H10O6/c7-1-2-3(8)4(9)6(10)5(11-2)12-6/h2-5,7-10H,1H2/t2-,3-,4+,5-,6-/m1/s1. The predicted molar refractivity (Wildman–Crippen MR) is 33.8 cm³/mol. The molecule has 2 aliphatic rings. The van der Waals surface area contributed by atoms with Gasteiger partial charge in [-0.05, 0) is 0 Å². The van der Waals surface area contributed by atoms with Crippen LogP contribution in [0.4, 0.5) is 0 Å². The molecule has 12 heavy (non-hydrogen) atoms. The first-order valence-electron chi connectivity index (χ1n) is 3.62. The van der Waals surface area contributed by atoms with Gasteiger partial charge in [-0.2, -0.15) is 0 Å². The maximum absolute atomic E-state index is 9.26. The molecule has 0 aliphatic carbocycles. The third-order valence-electron chi connectivity index (χ3n) is 2.18. The molecule has 0 aromatic carbocycles. The molecule has 70 valence electrons. The van der Waals surface area contributed by atoms with Crippen molar-refractivity contribution in [3.63, 3.8) is 0 Å². The fourth-order valence-electron chi connectivity index (χ4n) is 1.31. The monoisotopic (exact) mass is 178 g/mol. The summed E-state index contributed by atoms with van der Waals surface area (Å²) in [6.45, 7) is -0.422. The number of epoxide rings is 1. The SMILES string of the molecule is OC[C@H]1O[C@@H]2O[C@]2(O)[C@@H](O)[C@@H]1O. The summed E-state index contributed by atoms with van der Waals surface area (Å²) in [5, 5.41) is 36.4. The second-order valence-electron chi connectivity index (χ2n) is 2.99. The third-order valence-corrected chi connectivity index (χ3v) is 2.18. The summed E-state index contributed by atoms with van der Waals surface area (Å²) in [5.74, 6) is -1.77. The van der Waals surface area contributed by atoms with E-state index in [1.807, 2.05) is 0 Å². The minimum Gasteiger partial charge on any atom is -0.394 e. The van der Waals surface area contributed by atoms with Gasteiger partial charge in [0, 0.05) is 0 Å². The van der Waals surface area contributed by atoms with E-state index < -0.39 is 37.0 Å². The highest BCUT2D eigenvalue weighted by Crippen LogP contribution is 2.44. The van der Waals surface area contributed by atoms with Crippen LogP contribution < -0.4 is 0 Å². The van der Waals surface area contributed by atoms with Crippen LogP contribution in [0.2, 0.25) is 0 Å². The Morgan fingerprint density at radius 1 is 1.33 bits per heavy atom. The lowest BCUT2D eigenvalue weighted by Gasteiger charge is -2.30. The van der Waals surface area contributed by atoms with Crippen LogP contribution in [0.3, 0.4) is 0 Å². The van der Waals surface area contributed by atoms with E-state index in [1.54, 1.807) is 0 Å². The van der Waals surface area contributed by atoms with Gasteiger partial charge in [-0.1, -0.05) is 0 Å². The molecule has 2 rings (SSSR count). The quantitative estimate of drug-likeness (QED) is 0.322. The predicted octanol–water partition coefficient (Wildman–Crippen LogP) is -2.86. The Kier molecular flexibility index (Phi) is 1.66. The molecule has 2 aliphatic heterocycles. The lowest BCUT2D eigenvalue weighted by molar-refractivity contribution is -0.199. The van der Waals surface area contributed by atoms with Crippen LogP contribution in [0.5, 0.6) is 0 Å². The molecule has 5 atom stereocenters.